The van der Waals surface area contributed by atoms with Gasteiger partial charge in [0, 0.05) is 6.42 Å². The van der Waals surface area contributed by atoms with E-state index >= 15 is 0 Å². The van der Waals surface area contributed by atoms with Gasteiger partial charge >= 0.3 is 0 Å². The SMILES string of the molecule is CCCCCCCC/C=C\CCCCCCCC(=O)/C=C/C(C)=O. The minimum absolute atomic E-state index is 0.0621. The first-order valence-electron chi connectivity index (χ1n) is 10.0. The highest BCUT2D eigenvalue weighted by Gasteiger charge is 1.97. The van der Waals surface area contributed by atoms with Crippen molar-refractivity contribution in [3.63, 3.8) is 0 Å². The average Bonchev–Trinajstić information content (AvgIpc) is 2.56. The van der Waals surface area contributed by atoms with Gasteiger partial charge < -0.3 is 0 Å². The molecule has 0 saturated carbocycles. The summed E-state index contributed by atoms with van der Waals surface area (Å²) in [5.41, 5.74) is 0. The first kappa shape index (κ1) is 22.8. The maximum atomic E-state index is 11.4. The average molecular weight is 335 g/mol. The first-order valence-corrected chi connectivity index (χ1v) is 10.0. The Morgan fingerprint density at radius 2 is 1.17 bits per heavy atom. The monoisotopic (exact) mass is 334 g/mol. The molecule has 0 radical (unpaired) electrons. The van der Waals surface area contributed by atoms with E-state index in [1.165, 1.54) is 89.7 Å². The molecule has 0 heterocycles. The molecule has 0 bridgehead atoms. The Balaban J connectivity index is 3.26. The summed E-state index contributed by atoms with van der Waals surface area (Å²) in [7, 11) is 0. The molecule has 2 nitrogen and oxygen atoms in total. The summed E-state index contributed by atoms with van der Waals surface area (Å²) in [6.07, 6.45) is 24.4. The lowest BCUT2D eigenvalue weighted by molar-refractivity contribution is -0.116. The molecule has 0 spiro atoms. The van der Waals surface area contributed by atoms with Crippen molar-refractivity contribution in [2.75, 3.05) is 0 Å². The van der Waals surface area contributed by atoms with E-state index in [9.17, 15) is 9.59 Å². The Morgan fingerprint density at radius 3 is 1.71 bits per heavy atom. The van der Waals surface area contributed by atoms with Crippen LogP contribution in [-0.4, -0.2) is 11.6 Å². The van der Waals surface area contributed by atoms with Gasteiger partial charge in [0.2, 0.25) is 0 Å². The van der Waals surface area contributed by atoms with Gasteiger partial charge in [0.1, 0.15) is 0 Å². The van der Waals surface area contributed by atoms with Gasteiger partial charge in [-0.05, 0) is 51.2 Å². The molecule has 0 amide bonds. The van der Waals surface area contributed by atoms with E-state index in [-0.39, 0.29) is 11.6 Å². The van der Waals surface area contributed by atoms with Crippen LogP contribution in [0.2, 0.25) is 0 Å². The van der Waals surface area contributed by atoms with E-state index in [1.807, 2.05) is 0 Å². The van der Waals surface area contributed by atoms with Gasteiger partial charge in [-0.2, -0.15) is 0 Å². The molecule has 0 aliphatic rings. The Kier molecular flexibility index (Phi) is 17.3. The Morgan fingerprint density at radius 1 is 0.667 bits per heavy atom. The maximum absolute atomic E-state index is 11.4. The molecule has 0 aromatic heterocycles. The molecular formula is C22H38O2. The summed E-state index contributed by atoms with van der Waals surface area (Å²) in [6, 6.07) is 0. The first-order chi connectivity index (χ1) is 11.7. The van der Waals surface area contributed by atoms with Crippen molar-refractivity contribution in [1.82, 2.24) is 0 Å². The van der Waals surface area contributed by atoms with Gasteiger partial charge in [-0.25, -0.2) is 0 Å². The van der Waals surface area contributed by atoms with Crippen LogP contribution in [0.3, 0.4) is 0 Å². The molecule has 0 N–H and O–H groups in total. The third-order valence-corrected chi connectivity index (χ3v) is 4.19. The van der Waals surface area contributed by atoms with Crippen LogP contribution in [0.25, 0.3) is 0 Å². The molecule has 0 aromatic rings. The molecule has 138 valence electrons. The fraction of sp³-hybridized carbons (Fsp3) is 0.727. The second kappa shape index (κ2) is 18.2. The zero-order valence-corrected chi connectivity index (χ0v) is 16.0. The molecule has 0 unspecified atom stereocenters. The number of allylic oxidation sites excluding steroid dienone is 4. The summed E-state index contributed by atoms with van der Waals surface area (Å²) in [6.45, 7) is 3.72. The summed E-state index contributed by atoms with van der Waals surface area (Å²) < 4.78 is 0. The Bertz CT molecular complexity index is 366. The second-order valence-electron chi connectivity index (χ2n) is 6.74. The largest absolute Gasteiger partial charge is 0.295 e. The van der Waals surface area contributed by atoms with Gasteiger partial charge in [0.15, 0.2) is 11.6 Å². The van der Waals surface area contributed by atoms with Crippen molar-refractivity contribution >= 4 is 11.6 Å². The van der Waals surface area contributed by atoms with E-state index < -0.39 is 0 Å². The molecule has 0 aliphatic heterocycles. The van der Waals surface area contributed by atoms with Crippen LogP contribution in [0, 0.1) is 0 Å². The topological polar surface area (TPSA) is 34.1 Å². The lowest BCUT2D eigenvalue weighted by atomic mass is 10.1. The normalized spacial score (nSPS) is 11.6. The van der Waals surface area contributed by atoms with Gasteiger partial charge in [-0.3, -0.25) is 9.59 Å². The number of hydrogen-bond donors (Lipinski definition) is 0. The quantitative estimate of drug-likeness (QED) is 0.168. The lowest BCUT2D eigenvalue weighted by Gasteiger charge is -1.99. The van der Waals surface area contributed by atoms with E-state index in [0.29, 0.717) is 6.42 Å². The van der Waals surface area contributed by atoms with Gasteiger partial charge in [0.25, 0.3) is 0 Å². The number of unbranched alkanes of at least 4 members (excludes halogenated alkanes) is 11. The fourth-order valence-corrected chi connectivity index (χ4v) is 2.66. The predicted molar refractivity (Wildman–Crippen MR) is 104 cm³/mol. The molecule has 24 heavy (non-hydrogen) atoms. The summed E-state index contributed by atoms with van der Waals surface area (Å²) >= 11 is 0. The number of ketones is 2. The molecule has 2 heteroatoms. The number of carbonyl (C=O) groups is 2. The summed E-state index contributed by atoms with van der Waals surface area (Å²) in [5, 5.41) is 0. The molecule has 0 aromatic carbocycles. The number of rotatable bonds is 17. The van der Waals surface area contributed by atoms with Crippen LogP contribution in [0.4, 0.5) is 0 Å². The summed E-state index contributed by atoms with van der Waals surface area (Å²) in [4.78, 5) is 22.1. The van der Waals surface area contributed by atoms with E-state index in [2.05, 4.69) is 19.1 Å². The highest BCUT2D eigenvalue weighted by atomic mass is 16.1. The van der Waals surface area contributed by atoms with Crippen LogP contribution >= 0.6 is 0 Å². The van der Waals surface area contributed by atoms with Gasteiger partial charge in [-0.1, -0.05) is 70.4 Å². The lowest BCUT2D eigenvalue weighted by Crippen LogP contribution is -1.94. The molecule has 0 saturated heterocycles. The van der Waals surface area contributed by atoms with E-state index in [1.54, 1.807) is 0 Å². The third kappa shape index (κ3) is 18.9. The zero-order valence-electron chi connectivity index (χ0n) is 16.0. The Hall–Kier alpha value is -1.18. The predicted octanol–water partition coefficient (Wildman–Crippen LogP) is 6.74. The van der Waals surface area contributed by atoms with Crippen molar-refractivity contribution in [2.45, 2.75) is 104 Å². The molecule has 0 atom stereocenters. The fourth-order valence-electron chi connectivity index (χ4n) is 2.66. The van der Waals surface area contributed by atoms with Crippen LogP contribution in [0.15, 0.2) is 24.3 Å². The van der Waals surface area contributed by atoms with Gasteiger partial charge in [0.05, 0.1) is 0 Å². The highest BCUT2D eigenvalue weighted by Crippen LogP contribution is 2.10. The van der Waals surface area contributed by atoms with Crippen LogP contribution in [0.5, 0.6) is 0 Å². The Labute approximate surface area is 149 Å². The highest BCUT2D eigenvalue weighted by molar-refractivity contribution is 5.97. The van der Waals surface area contributed by atoms with E-state index in [0.717, 1.165) is 12.8 Å². The number of hydrogen-bond acceptors (Lipinski definition) is 2. The maximum Gasteiger partial charge on any atom is 0.155 e. The van der Waals surface area contributed by atoms with Crippen LogP contribution < -0.4 is 0 Å². The second-order valence-corrected chi connectivity index (χ2v) is 6.74. The smallest absolute Gasteiger partial charge is 0.155 e. The van der Waals surface area contributed by atoms with Crippen LogP contribution in [-0.2, 0) is 9.59 Å². The minimum Gasteiger partial charge on any atom is -0.295 e. The molecule has 0 rings (SSSR count). The van der Waals surface area contributed by atoms with Crippen molar-refractivity contribution < 1.29 is 9.59 Å². The minimum atomic E-state index is -0.0621. The van der Waals surface area contributed by atoms with Crippen LogP contribution in [0.1, 0.15) is 104 Å². The summed E-state index contributed by atoms with van der Waals surface area (Å²) in [5.74, 6) is 0.00993. The number of carbonyl (C=O) groups excluding carboxylic acids is 2. The zero-order chi connectivity index (χ0) is 17.9. The molecule has 0 fully saturated rings. The standard InChI is InChI=1S/C22H38O2/c1-3-4-5-6-7-8-9-10-11-12-13-14-15-16-17-18-22(24)20-19-21(2)23/h10-11,19-20H,3-9,12-18H2,1-2H3/b11-10-,20-19+. The van der Waals surface area contributed by atoms with Crippen molar-refractivity contribution in [1.29, 1.82) is 0 Å². The third-order valence-electron chi connectivity index (χ3n) is 4.19. The van der Waals surface area contributed by atoms with Crippen molar-refractivity contribution in [3.05, 3.63) is 24.3 Å². The molecule has 0 aliphatic carbocycles. The molecular weight excluding hydrogens is 296 g/mol. The van der Waals surface area contributed by atoms with Crippen molar-refractivity contribution in [2.24, 2.45) is 0 Å². The van der Waals surface area contributed by atoms with Crippen molar-refractivity contribution in [3.8, 4) is 0 Å². The van der Waals surface area contributed by atoms with E-state index in [4.69, 9.17) is 0 Å². The van der Waals surface area contributed by atoms with Gasteiger partial charge in [-0.15, -0.1) is 0 Å².